The number of anilines is 2. The van der Waals surface area contributed by atoms with E-state index in [1.54, 1.807) is 12.1 Å². The maximum atomic E-state index is 11.6. The highest BCUT2D eigenvalue weighted by atomic mass is 35.5. The highest BCUT2D eigenvalue weighted by Gasteiger charge is 2.22. The van der Waals surface area contributed by atoms with Crippen molar-refractivity contribution in [2.24, 2.45) is 0 Å². The number of hydrogen-bond acceptors (Lipinski definition) is 3. The fourth-order valence-electron chi connectivity index (χ4n) is 1.70. The number of halogens is 1. The largest absolute Gasteiger partial charge is 0.465 e. The third-order valence-electron chi connectivity index (χ3n) is 2.48. The molecule has 0 aliphatic carbocycles. The Balaban J connectivity index is 2.23. The summed E-state index contributed by atoms with van der Waals surface area (Å²) in [6, 6.07) is 4.63. The Hall–Kier alpha value is -1.79. The molecule has 6 nitrogen and oxygen atoms in total. The van der Waals surface area contributed by atoms with Gasteiger partial charge in [0.2, 0.25) is 0 Å². The number of morpholine rings is 1. The van der Waals surface area contributed by atoms with Gasteiger partial charge in [-0.05, 0) is 18.2 Å². The molecule has 0 radical (unpaired) electrons. The Bertz CT molecular complexity index is 492. The predicted octanol–water partition coefficient (Wildman–Crippen LogP) is 1.79. The summed E-state index contributed by atoms with van der Waals surface area (Å²) in [5, 5.41) is 11.1. The van der Waals surface area contributed by atoms with Gasteiger partial charge in [0.25, 0.3) is 5.91 Å². The number of ether oxygens (including phenoxy) is 1. The first-order valence-corrected chi connectivity index (χ1v) is 5.63. The Morgan fingerprint density at radius 2 is 2.28 bits per heavy atom. The fraction of sp³-hybridized carbons (Fsp3) is 0.273. The van der Waals surface area contributed by atoms with Gasteiger partial charge in [-0.15, -0.1) is 0 Å². The normalized spacial score (nSPS) is 15.6. The van der Waals surface area contributed by atoms with Gasteiger partial charge in [-0.25, -0.2) is 4.79 Å². The highest BCUT2D eigenvalue weighted by molar-refractivity contribution is 6.34. The van der Waals surface area contributed by atoms with Crippen LogP contribution in [0.2, 0.25) is 5.02 Å². The van der Waals surface area contributed by atoms with E-state index >= 15 is 0 Å². The molecule has 1 aromatic carbocycles. The quantitative estimate of drug-likeness (QED) is 0.859. The van der Waals surface area contributed by atoms with Crippen LogP contribution in [0, 0.1) is 0 Å². The van der Waals surface area contributed by atoms with Crippen LogP contribution in [-0.4, -0.2) is 36.9 Å². The zero-order valence-corrected chi connectivity index (χ0v) is 10.1. The van der Waals surface area contributed by atoms with Gasteiger partial charge in [0.15, 0.2) is 0 Å². The van der Waals surface area contributed by atoms with Crippen LogP contribution in [0.25, 0.3) is 0 Å². The van der Waals surface area contributed by atoms with Crippen LogP contribution in [0.1, 0.15) is 0 Å². The third kappa shape index (κ3) is 2.72. The number of carbonyl (C=O) groups is 2. The minimum Gasteiger partial charge on any atom is -0.465 e. The number of nitrogens with one attached hydrogen (secondary N) is 1. The van der Waals surface area contributed by atoms with Crippen molar-refractivity contribution in [3.05, 3.63) is 23.2 Å². The summed E-state index contributed by atoms with van der Waals surface area (Å²) >= 11 is 6.04. The van der Waals surface area contributed by atoms with Crippen molar-refractivity contribution < 1.29 is 19.4 Å². The molecule has 0 bridgehead atoms. The first kappa shape index (κ1) is 12.7. The lowest BCUT2D eigenvalue weighted by Crippen LogP contribution is -2.41. The van der Waals surface area contributed by atoms with Crippen LogP contribution in [0.15, 0.2) is 18.2 Å². The molecular weight excluding hydrogens is 260 g/mol. The molecule has 1 aliphatic rings. The van der Waals surface area contributed by atoms with E-state index in [0.717, 1.165) is 0 Å². The third-order valence-corrected chi connectivity index (χ3v) is 2.78. The summed E-state index contributed by atoms with van der Waals surface area (Å²) in [5.41, 5.74) is 0.915. The molecule has 1 aliphatic heterocycles. The average Bonchev–Trinajstić information content (AvgIpc) is 2.30. The van der Waals surface area contributed by atoms with Gasteiger partial charge in [0, 0.05) is 12.2 Å². The van der Waals surface area contributed by atoms with E-state index < -0.39 is 6.09 Å². The van der Waals surface area contributed by atoms with Gasteiger partial charge in [-0.3, -0.25) is 10.1 Å². The first-order chi connectivity index (χ1) is 8.58. The summed E-state index contributed by atoms with van der Waals surface area (Å²) in [7, 11) is 0. The maximum Gasteiger partial charge on any atom is 0.409 e. The molecule has 2 amide bonds. The number of benzene rings is 1. The Labute approximate surface area is 108 Å². The zero-order valence-electron chi connectivity index (χ0n) is 9.35. The van der Waals surface area contributed by atoms with E-state index in [1.807, 2.05) is 0 Å². The van der Waals surface area contributed by atoms with E-state index in [1.165, 1.54) is 11.0 Å². The molecule has 2 rings (SSSR count). The van der Waals surface area contributed by atoms with Gasteiger partial charge in [0.1, 0.15) is 6.61 Å². The van der Waals surface area contributed by atoms with Crippen molar-refractivity contribution in [1.82, 2.24) is 0 Å². The molecule has 0 atom stereocenters. The van der Waals surface area contributed by atoms with Gasteiger partial charge in [0.05, 0.1) is 17.3 Å². The number of carboxylic acid groups (broad SMARTS) is 1. The monoisotopic (exact) mass is 270 g/mol. The molecule has 0 aromatic heterocycles. The molecule has 0 saturated carbocycles. The van der Waals surface area contributed by atoms with Crippen molar-refractivity contribution in [2.75, 3.05) is 30.0 Å². The molecule has 96 valence electrons. The van der Waals surface area contributed by atoms with Gasteiger partial charge >= 0.3 is 6.09 Å². The second kappa shape index (κ2) is 5.24. The second-order valence-corrected chi connectivity index (χ2v) is 4.10. The van der Waals surface area contributed by atoms with Crippen LogP contribution >= 0.6 is 11.6 Å². The fourth-order valence-corrected chi connectivity index (χ4v) is 1.98. The lowest BCUT2D eigenvalue weighted by Gasteiger charge is -2.27. The average molecular weight is 271 g/mol. The van der Waals surface area contributed by atoms with Crippen LogP contribution in [0.4, 0.5) is 16.2 Å². The second-order valence-electron chi connectivity index (χ2n) is 3.69. The number of amides is 2. The van der Waals surface area contributed by atoms with E-state index in [9.17, 15) is 9.59 Å². The molecular formula is C11H11ClN2O4. The van der Waals surface area contributed by atoms with Crippen LogP contribution in [-0.2, 0) is 9.53 Å². The number of carbonyl (C=O) groups excluding carboxylic acids is 1. The minimum absolute atomic E-state index is 0.0332. The summed E-state index contributed by atoms with van der Waals surface area (Å²) < 4.78 is 5.03. The Morgan fingerprint density at radius 1 is 1.50 bits per heavy atom. The van der Waals surface area contributed by atoms with Crippen molar-refractivity contribution >= 4 is 35.0 Å². The van der Waals surface area contributed by atoms with Crippen LogP contribution < -0.4 is 10.2 Å². The maximum absolute atomic E-state index is 11.6. The SMILES string of the molecule is O=C(O)Nc1ccc(N2CCOCC2=O)c(Cl)c1. The Morgan fingerprint density at radius 3 is 2.89 bits per heavy atom. The first-order valence-electron chi connectivity index (χ1n) is 5.25. The van der Waals surface area contributed by atoms with E-state index in [4.69, 9.17) is 21.4 Å². The van der Waals surface area contributed by atoms with E-state index in [-0.39, 0.29) is 12.5 Å². The smallest absolute Gasteiger partial charge is 0.409 e. The van der Waals surface area contributed by atoms with Crippen LogP contribution in [0.3, 0.4) is 0 Å². The molecule has 2 N–H and O–H groups in total. The number of hydrogen-bond donors (Lipinski definition) is 2. The molecule has 0 spiro atoms. The summed E-state index contributed by atoms with van der Waals surface area (Å²) in [6.45, 7) is 0.924. The summed E-state index contributed by atoms with van der Waals surface area (Å²) in [5.74, 6) is -0.165. The lowest BCUT2D eigenvalue weighted by molar-refractivity contribution is -0.125. The van der Waals surface area contributed by atoms with Crippen molar-refractivity contribution in [2.45, 2.75) is 0 Å². The molecule has 1 saturated heterocycles. The van der Waals surface area contributed by atoms with Gasteiger partial charge < -0.3 is 14.7 Å². The lowest BCUT2D eigenvalue weighted by atomic mass is 10.2. The summed E-state index contributed by atoms with van der Waals surface area (Å²) in [6.07, 6.45) is -1.17. The van der Waals surface area contributed by atoms with Crippen molar-refractivity contribution in [3.63, 3.8) is 0 Å². The van der Waals surface area contributed by atoms with E-state index in [2.05, 4.69) is 5.32 Å². The zero-order chi connectivity index (χ0) is 13.1. The van der Waals surface area contributed by atoms with Crippen LogP contribution in [0.5, 0.6) is 0 Å². The van der Waals surface area contributed by atoms with Crippen molar-refractivity contribution in [3.8, 4) is 0 Å². The summed E-state index contributed by atoms with van der Waals surface area (Å²) in [4.78, 5) is 23.6. The van der Waals surface area contributed by atoms with Gasteiger partial charge in [-0.2, -0.15) is 0 Å². The molecule has 1 heterocycles. The van der Waals surface area contributed by atoms with Crippen molar-refractivity contribution in [1.29, 1.82) is 0 Å². The molecule has 0 unspecified atom stereocenters. The number of nitrogens with zero attached hydrogens (tertiary/aromatic N) is 1. The Kier molecular flexibility index (Phi) is 3.69. The number of rotatable bonds is 2. The standard InChI is InChI=1S/C11H11ClN2O4/c12-8-5-7(13-11(16)17)1-2-9(8)14-3-4-18-6-10(14)15/h1-2,5,13H,3-4,6H2,(H,16,17). The molecule has 7 heteroatoms. The molecule has 1 aromatic rings. The molecule has 1 fully saturated rings. The molecule has 18 heavy (non-hydrogen) atoms. The van der Waals surface area contributed by atoms with Gasteiger partial charge in [-0.1, -0.05) is 11.6 Å². The minimum atomic E-state index is -1.17. The topological polar surface area (TPSA) is 78.9 Å². The highest BCUT2D eigenvalue weighted by Crippen LogP contribution is 2.29. The van der Waals surface area contributed by atoms with E-state index in [0.29, 0.717) is 29.5 Å². The predicted molar refractivity (Wildman–Crippen MR) is 66.3 cm³/mol.